The fourth-order valence-corrected chi connectivity index (χ4v) is 3.41. The highest BCUT2D eigenvalue weighted by Gasteiger charge is 2.25. The number of para-hydroxylation sites is 1. The molecule has 1 amide bonds. The Hall–Kier alpha value is -3.08. The van der Waals surface area contributed by atoms with E-state index in [0.717, 1.165) is 41.4 Å². The Balaban J connectivity index is 1.52. The average Bonchev–Trinajstić information content (AvgIpc) is 3.23. The summed E-state index contributed by atoms with van der Waals surface area (Å²) in [6.07, 6.45) is 0.909. The van der Waals surface area contributed by atoms with E-state index in [0.29, 0.717) is 12.1 Å². The van der Waals surface area contributed by atoms with Crippen LogP contribution in [0.1, 0.15) is 32.9 Å². The molecule has 0 saturated carbocycles. The van der Waals surface area contributed by atoms with Gasteiger partial charge in [-0.15, -0.1) is 0 Å². The Kier molecular flexibility index (Phi) is 4.21. The van der Waals surface area contributed by atoms with Crippen molar-refractivity contribution in [3.05, 3.63) is 76.7 Å². The Bertz CT molecular complexity index is 942. The van der Waals surface area contributed by atoms with Gasteiger partial charge < -0.3 is 14.7 Å². The molecule has 2 heterocycles. The second-order valence-corrected chi connectivity index (χ2v) is 6.57. The molecule has 0 atom stereocenters. The zero-order valence-corrected chi connectivity index (χ0v) is 15.0. The van der Waals surface area contributed by atoms with Gasteiger partial charge >= 0.3 is 0 Å². The highest BCUT2D eigenvalue weighted by molar-refractivity contribution is 6.07. The minimum atomic E-state index is 0.0379. The molecular weight excluding hydrogens is 326 g/mol. The largest absolute Gasteiger partial charge is 0.381 e. The van der Waals surface area contributed by atoms with Crippen molar-refractivity contribution in [1.29, 1.82) is 0 Å². The third-order valence-corrected chi connectivity index (χ3v) is 4.89. The van der Waals surface area contributed by atoms with Crippen molar-refractivity contribution in [2.75, 3.05) is 16.8 Å². The molecule has 5 heteroatoms. The molecule has 0 saturated heterocycles. The molecule has 1 aliphatic heterocycles. The number of carbonyl (C=O) groups excluding carboxylic acids is 1. The van der Waals surface area contributed by atoms with E-state index in [1.807, 2.05) is 61.2 Å². The Morgan fingerprint density at radius 2 is 2.04 bits per heavy atom. The molecule has 3 aromatic rings. The smallest absolute Gasteiger partial charge is 0.258 e. The van der Waals surface area contributed by atoms with Crippen molar-refractivity contribution in [2.24, 2.45) is 0 Å². The van der Waals surface area contributed by atoms with Crippen LogP contribution in [0.25, 0.3) is 0 Å². The minimum absolute atomic E-state index is 0.0379. The third-order valence-electron chi connectivity index (χ3n) is 4.89. The number of aryl methyl sites for hydroxylation is 2. The van der Waals surface area contributed by atoms with Gasteiger partial charge in [0, 0.05) is 35.6 Å². The SMILES string of the molecule is Cc1noc(C)c1CNc1cccc(C(=O)N2CCc3ccccc32)c1. The predicted molar refractivity (Wildman–Crippen MR) is 102 cm³/mol. The highest BCUT2D eigenvalue weighted by atomic mass is 16.5. The number of benzene rings is 2. The Morgan fingerprint density at radius 3 is 2.85 bits per heavy atom. The van der Waals surface area contributed by atoms with E-state index in [-0.39, 0.29) is 5.91 Å². The lowest BCUT2D eigenvalue weighted by molar-refractivity contribution is 0.0989. The zero-order chi connectivity index (χ0) is 18.1. The fourth-order valence-electron chi connectivity index (χ4n) is 3.41. The van der Waals surface area contributed by atoms with Crippen LogP contribution < -0.4 is 10.2 Å². The van der Waals surface area contributed by atoms with E-state index in [4.69, 9.17) is 4.52 Å². The van der Waals surface area contributed by atoms with Gasteiger partial charge in [-0.05, 0) is 50.1 Å². The molecule has 0 radical (unpaired) electrons. The summed E-state index contributed by atoms with van der Waals surface area (Å²) < 4.78 is 5.20. The Morgan fingerprint density at radius 1 is 1.19 bits per heavy atom. The number of rotatable bonds is 4. The lowest BCUT2D eigenvalue weighted by Crippen LogP contribution is -2.28. The summed E-state index contributed by atoms with van der Waals surface area (Å²) in [6, 6.07) is 15.7. The van der Waals surface area contributed by atoms with Crippen molar-refractivity contribution in [2.45, 2.75) is 26.8 Å². The highest BCUT2D eigenvalue weighted by Crippen LogP contribution is 2.29. The van der Waals surface area contributed by atoms with Gasteiger partial charge in [-0.3, -0.25) is 4.79 Å². The summed E-state index contributed by atoms with van der Waals surface area (Å²) in [6.45, 7) is 5.18. The topological polar surface area (TPSA) is 58.4 Å². The second-order valence-electron chi connectivity index (χ2n) is 6.57. The molecule has 0 aliphatic carbocycles. The predicted octanol–water partition coefficient (Wildman–Crippen LogP) is 4.11. The summed E-state index contributed by atoms with van der Waals surface area (Å²) in [5, 5.41) is 7.34. The maximum Gasteiger partial charge on any atom is 0.258 e. The van der Waals surface area contributed by atoms with Crippen LogP contribution in [0, 0.1) is 13.8 Å². The molecule has 0 fully saturated rings. The average molecular weight is 347 g/mol. The number of amides is 1. The number of nitrogens with zero attached hydrogens (tertiary/aromatic N) is 2. The molecule has 0 unspecified atom stereocenters. The van der Waals surface area contributed by atoms with Crippen molar-refractivity contribution in [3.63, 3.8) is 0 Å². The van der Waals surface area contributed by atoms with Gasteiger partial charge in [-0.25, -0.2) is 0 Å². The van der Waals surface area contributed by atoms with Gasteiger partial charge in [-0.1, -0.05) is 29.4 Å². The number of fused-ring (bicyclic) bond motifs is 1. The van der Waals surface area contributed by atoms with Crippen LogP contribution in [0.4, 0.5) is 11.4 Å². The maximum atomic E-state index is 13.0. The van der Waals surface area contributed by atoms with Gasteiger partial charge in [0.1, 0.15) is 5.76 Å². The van der Waals surface area contributed by atoms with Crippen LogP contribution in [-0.2, 0) is 13.0 Å². The molecule has 0 bridgehead atoms. The van der Waals surface area contributed by atoms with Crippen LogP contribution >= 0.6 is 0 Å². The van der Waals surface area contributed by atoms with E-state index in [1.54, 1.807) is 0 Å². The second kappa shape index (κ2) is 6.67. The standard InChI is InChI=1S/C21H21N3O2/c1-14-19(15(2)26-23-14)13-22-18-8-5-7-17(12-18)21(25)24-11-10-16-6-3-4-9-20(16)24/h3-9,12,22H,10-11,13H2,1-2H3. The first-order valence-corrected chi connectivity index (χ1v) is 8.79. The number of nitrogens with one attached hydrogen (secondary N) is 1. The van der Waals surface area contributed by atoms with Crippen LogP contribution in [0.2, 0.25) is 0 Å². The molecule has 1 aliphatic rings. The normalized spacial score (nSPS) is 12.9. The van der Waals surface area contributed by atoms with Gasteiger partial charge in [-0.2, -0.15) is 0 Å². The van der Waals surface area contributed by atoms with Crippen molar-refractivity contribution in [1.82, 2.24) is 5.16 Å². The molecule has 4 rings (SSSR count). The van der Waals surface area contributed by atoms with Crippen LogP contribution in [0.3, 0.4) is 0 Å². The third kappa shape index (κ3) is 2.96. The van der Waals surface area contributed by atoms with Gasteiger partial charge in [0.25, 0.3) is 5.91 Å². The molecule has 132 valence electrons. The molecule has 1 aromatic heterocycles. The van der Waals surface area contributed by atoms with E-state index in [9.17, 15) is 4.79 Å². The lowest BCUT2D eigenvalue weighted by atomic mass is 10.1. The monoisotopic (exact) mass is 347 g/mol. The maximum absolute atomic E-state index is 13.0. The van der Waals surface area contributed by atoms with E-state index in [2.05, 4.69) is 16.5 Å². The van der Waals surface area contributed by atoms with E-state index >= 15 is 0 Å². The van der Waals surface area contributed by atoms with Crippen LogP contribution in [0.5, 0.6) is 0 Å². The number of hydrogen-bond donors (Lipinski definition) is 1. The molecule has 5 nitrogen and oxygen atoms in total. The number of carbonyl (C=O) groups is 1. The zero-order valence-electron chi connectivity index (χ0n) is 15.0. The summed E-state index contributed by atoms with van der Waals surface area (Å²) >= 11 is 0. The van der Waals surface area contributed by atoms with Crippen LogP contribution in [0.15, 0.2) is 53.1 Å². The summed E-state index contributed by atoms with van der Waals surface area (Å²) in [7, 11) is 0. The van der Waals surface area contributed by atoms with E-state index < -0.39 is 0 Å². The van der Waals surface area contributed by atoms with Gasteiger partial charge in [0.2, 0.25) is 0 Å². The number of aromatic nitrogens is 1. The van der Waals surface area contributed by atoms with Crippen LogP contribution in [-0.4, -0.2) is 17.6 Å². The van der Waals surface area contributed by atoms with E-state index in [1.165, 1.54) is 5.56 Å². The molecule has 0 spiro atoms. The number of hydrogen-bond acceptors (Lipinski definition) is 4. The molecule has 2 aromatic carbocycles. The van der Waals surface area contributed by atoms with Crippen molar-refractivity contribution in [3.8, 4) is 0 Å². The first kappa shape index (κ1) is 16.4. The molecule has 1 N–H and O–H groups in total. The molecule has 26 heavy (non-hydrogen) atoms. The van der Waals surface area contributed by atoms with Crippen molar-refractivity contribution < 1.29 is 9.32 Å². The van der Waals surface area contributed by atoms with Gasteiger partial charge in [0.05, 0.1) is 5.69 Å². The summed E-state index contributed by atoms with van der Waals surface area (Å²) in [4.78, 5) is 14.8. The Labute approximate surface area is 152 Å². The lowest BCUT2D eigenvalue weighted by Gasteiger charge is -2.18. The fraction of sp³-hybridized carbons (Fsp3) is 0.238. The van der Waals surface area contributed by atoms with Crippen molar-refractivity contribution >= 4 is 17.3 Å². The van der Waals surface area contributed by atoms with Gasteiger partial charge in [0.15, 0.2) is 0 Å². The quantitative estimate of drug-likeness (QED) is 0.772. The first-order chi connectivity index (χ1) is 12.6. The minimum Gasteiger partial charge on any atom is -0.381 e. The summed E-state index contributed by atoms with van der Waals surface area (Å²) in [5.74, 6) is 0.854. The summed E-state index contributed by atoms with van der Waals surface area (Å²) in [5.41, 5.74) is 5.78. The number of anilines is 2. The molecular formula is C21H21N3O2. The first-order valence-electron chi connectivity index (χ1n) is 8.79.